The molecule has 3 heterocycles. The van der Waals surface area contributed by atoms with Crippen molar-refractivity contribution < 1.29 is 19.0 Å². The predicted octanol–water partition coefficient (Wildman–Crippen LogP) is 1.49. The van der Waals surface area contributed by atoms with Gasteiger partial charge in [-0.1, -0.05) is 11.3 Å². The normalized spacial score (nSPS) is 14.1. The van der Waals surface area contributed by atoms with Gasteiger partial charge in [0.15, 0.2) is 16.3 Å². The van der Waals surface area contributed by atoms with Crippen molar-refractivity contribution in [2.75, 3.05) is 20.3 Å². The summed E-state index contributed by atoms with van der Waals surface area (Å²) in [5.74, 6) is 1.29. The number of aryl methyl sites for hydroxylation is 2. The minimum atomic E-state index is -0.399. The van der Waals surface area contributed by atoms with Gasteiger partial charge in [-0.2, -0.15) is 4.99 Å². The molecule has 0 atom stereocenters. The van der Waals surface area contributed by atoms with Gasteiger partial charge in [0, 0.05) is 32.4 Å². The fourth-order valence-corrected chi connectivity index (χ4v) is 3.71. The van der Waals surface area contributed by atoms with Crippen molar-refractivity contribution in [1.29, 1.82) is 0 Å². The molecular weight excluding hydrogens is 344 g/mol. The van der Waals surface area contributed by atoms with Crippen LogP contribution in [0.3, 0.4) is 0 Å². The second kappa shape index (κ2) is 5.92. The maximum absolute atomic E-state index is 12.5. The Bertz CT molecular complexity index is 1050. The van der Waals surface area contributed by atoms with Gasteiger partial charge >= 0.3 is 0 Å². The molecular formula is C16H16N4O4S. The predicted molar refractivity (Wildman–Crippen MR) is 91.4 cm³/mol. The lowest BCUT2D eigenvalue weighted by Crippen LogP contribution is -2.15. The first-order chi connectivity index (χ1) is 12.1. The number of rotatable bonds is 2. The van der Waals surface area contributed by atoms with Crippen LogP contribution in [0.25, 0.3) is 10.2 Å². The molecule has 1 amide bonds. The Morgan fingerprint density at radius 2 is 2.00 bits per heavy atom. The van der Waals surface area contributed by atoms with Crippen molar-refractivity contribution in [3.8, 4) is 17.4 Å². The zero-order chi connectivity index (χ0) is 17.6. The lowest BCUT2D eigenvalue weighted by Gasteiger charge is -2.18. The highest BCUT2D eigenvalue weighted by molar-refractivity contribution is 7.16. The Labute approximate surface area is 146 Å². The highest BCUT2D eigenvalue weighted by atomic mass is 32.1. The molecule has 2 aromatic heterocycles. The smallest absolute Gasteiger partial charge is 0.286 e. The van der Waals surface area contributed by atoms with Crippen LogP contribution in [0.4, 0.5) is 0 Å². The van der Waals surface area contributed by atoms with Gasteiger partial charge in [0.2, 0.25) is 5.88 Å². The fraction of sp³-hybridized carbons (Fsp3) is 0.312. The van der Waals surface area contributed by atoms with Gasteiger partial charge in [0.1, 0.15) is 18.8 Å². The van der Waals surface area contributed by atoms with E-state index in [1.165, 1.54) is 23.1 Å². The first-order valence-corrected chi connectivity index (χ1v) is 8.44. The van der Waals surface area contributed by atoms with Crippen LogP contribution >= 0.6 is 11.3 Å². The molecule has 0 unspecified atom stereocenters. The van der Waals surface area contributed by atoms with E-state index in [0.717, 1.165) is 10.2 Å². The van der Waals surface area contributed by atoms with Crippen LogP contribution in [0.2, 0.25) is 0 Å². The van der Waals surface area contributed by atoms with Crippen molar-refractivity contribution in [2.24, 2.45) is 19.1 Å². The number of thiazole rings is 1. The van der Waals surface area contributed by atoms with E-state index < -0.39 is 5.91 Å². The van der Waals surface area contributed by atoms with Crippen LogP contribution in [0.5, 0.6) is 17.4 Å². The first kappa shape index (κ1) is 15.7. The summed E-state index contributed by atoms with van der Waals surface area (Å²) in [6.45, 7) is 1.06. The van der Waals surface area contributed by atoms with Gasteiger partial charge in [0.05, 0.1) is 17.3 Å². The first-order valence-electron chi connectivity index (χ1n) is 7.62. The maximum atomic E-state index is 12.5. The Morgan fingerprint density at radius 3 is 2.72 bits per heavy atom. The van der Waals surface area contributed by atoms with Crippen LogP contribution < -0.4 is 19.0 Å². The summed E-state index contributed by atoms with van der Waals surface area (Å²) in [7, 11) is 5.06. The number of fused-ring (bicyclic) bond motifs is 2. The lowest BCUT2D eigenvalue weighted by molar-refractivity contribution is 0.0995. The topological polar surface area (TPSA) is 79.9 Å². The maximum Gasteiger partial charge on any atom is 0.286 e. The second-order valence-corrected chi connectivity index (χ2v) is 6.56. The molecule has 1 aliphatic rings. The summed E-state index contributed by atoms with van der Waals surface area (Å²) in [6, 6.07) is 3.83. The zero-order valence-corrected chi connectivity index (χ0v) is 14.8. The molecule has 0 spiro atoms. The molecule has 0 saturated carbocycles. The molecule has 0 bridgehead atoms. The van der Waals surface area contributed by atoms with Crippen molar-refractivity contribution in [3.05, 3.63) is 28.7 Å². The number of aromatic nitrogens is 3. The van der Waals surface area contributed by atoms with E-state index >= 15 is 0 Å². The second-order valence-electron chi connectivity index (χ2n) is 5.55. The number of ether oxygens (including phenoxy) is 3. The third-order valence-corrected chi connectivity index (χ3v) is 4.98. The molecule has 0 fully saturated rings. The van der Waals surface area contributed by atoms with Crippen LogP contribution in [-0.2, 0) is 14.1 Å². The molecule has 0 radical (unpaired) electrons. The largest absolute Gasteiger partial charge is 0.486 e. The molecule has 1 aliphatic heterocycles. The monoisotopic (exact) mass is 360 g/mol. The molecule has 0 N–H and O–H groups in total. The highest BCUT2D eigenvalue weighted by Crippen LogP contribution is 2.35. The highest BCUT2D eigenvalue weighted by Gasteiger charge is 2.18. The minimum absolute atomic E-state index is 0.261. The fourth-order valence-electron chi connectivity index (χ4n) is 2.68. The number of carbonyl (C=O) groups is 1. The van der Waals surface area contributed by atoms with Crippen LogP contribution in [-0.4, -0.2) is 40.6 Å². The van der Waals surface area contributed by atoms with E-state index in [2.05, 4.69) is 10.1 Å². The van der Waals surface area contributed by atoms with Gasteiger partial charge in [-0.3, -0.25) is 9.48 Å². The average Bonchev–Trinajstić information content (AvgIpc) is 3.13. The van der Waals surface area contributed by atoms with Crippen molar-refractivity contribution >= 4 is 27.5 Å². The summed E-state index contributed by atoms with van der Waals surface area (Å²) >= 11 is 1.41. The SMILES string of the molecule is COc1nn(C)cc1C(=O)N=c1sc2cc3c(cc2n1C)OCCO3. The van der Waals surface area contributed by atoms with Crippen LogP contribution in [0.1, 0.15) is 10.4 Å². The Hall–Kier alpha value is -2.81. The summed E-state index contributed by atoms with van der Waals surface area (Å²) in [5.41, 5.74) is 1.26. The third-order valence-electron chi connectivity index (χ3n) is 3.89. The number of carbonyl (C=O) groups excluding carboxylic acids is 1. The number of benzene rings is 1. The average molecular weight is 360 g/mol. The molecule has 4 rings (SSSR count). The third kappa shape index (κ3) is 2.66. The summed E-state index contributed by atoms with van der Waals surface area (Å²) in [5, 5.41) is 4.09. The van der Waals surface area contributed by atoms with Crippen LogP contribution in [0, 0.1) is 0 Å². The van der Waals surface area contributed by atoms with Gasteiger partial charge < -0.3 is 18.8 Å². The van der Waals surface area contributed by atoms with E-state index in [-0.39, 0.29) is 5.88 Å². The molecule has 1 aromatic carbocycles. The van der Waals surface area contributed by atoms with Crippen molar-refractivity contribution in [1.82, 2.24) is 14.3 Å². The molecule has 25 heavy (non-hydrogen) atoms. The standard InChI is InChI=1S/C16H16N4O4S/c1-19-8-9(15(18-19)22-3)14(21)17-16-20(2)10-6-11-12(7-13(10)25-16)24-5-4-23-11/h6-8H,4-5H2,1-3H3. The van der Waals surface area contributed by atoms with E-state index in [1.807, 2.05) is 23.7 Å². The molecule has 0 saturated heterocycles. The van der Waals surface area contributed by atoms with Crippen molar-refractivity contribution in [3.63, 3.8) is 0 Å². The quantitative estimate of drug-likeness (QED) is 0.692. The molecule has 9 heteroatoms. The van der Waals surface area contributed by atoms with Gasteiger partial charge in [-0.05, 0) is 0 Å². The van der Waals surface area contributed by atoms with Gasteiger partial charge in [-0.25, -0.2) is 0 Å². The Morgan fingerprint density at radius 1 is 1.28 bits per heavy atom. The van der Waals surface area contributed by atoms with E-state index in [9.17, 15) is 4.79 Å². The van der Waals surface area contributed by atoms with Gasteiger partial charge in [-0.15, -0.1) is 5.10 Å². The zero-order valence-electron chi connectivity index (χ0n) is 14.0. The Balaban J connectivity index is 1.81. The van der Waals surface area contributed by atoms with E-state index in [4.69, 9.17) is 14.2 Å². The Kier molecular flexibility index (Phi) is 3.72. The number of methoxy groups -OCH3 is 1. The molecule has 130 valence electrons. The lowest BCUT2D eigenvalue weighted by atomic mass is 10.3. The molecule has 0 aliphatic carbocycles. The number of hydrogen-bond acceptors (Lipinski definition) is 6. The summed E-state index contributed by atoms with van der Waals surface area (Å²) in [4.78, 5) is 17.4. The molecule has 8 nitrogen and oxygen atoms in total. The van der Waals surface area contributed by atoms with E-state index in [1.54, 1.807) is 13.2 Å². The summed E-state index contributed by atoms with van der Waals surface area (Å²) < 4.78 is 20.7. The number of amides is 1. The molecule has 3 aromatic rings. The minimum Gasteiger partial charge on any atom is -0.486 e. The van der Waals surface area contributed by atoms with Crippen LogP contribution in [0.15, 0.2) is 23.3 Å². The van der Waals surface area contributed by atoms with E-state index in [0.29, 0.717) is 35.1 Å². The van der Waals surface area contributed by atoms with Gasteiger partial charge in [0.25, 0.3) is 5.91 Å². The van der Waals surface area contributed by atoms with Crippen molar-refractivity contribution in [2.45, 2.75) is 0 Å². The number of hydrogen-bond donors (Lipinski definition) is 0. The number of nitrogens with zero attached hydrogens (tertiary/aromatic N) is 4. The summed E-state index contributed by atoms with van der Waals surface area (Å²) in [6.07, 6.45) is 1.60.